The highest BCUT2D eigenvalue weighted by atomic mass is 15.0. The molecule has 14 heavy (non-hydrogen) atoms. The van der Waals surface area contributed by atoms with Crippen molar-refractivity contribution in [2.75, 3.05) is 0 Å². The highest BCUT2D eigenvalue weighted by Gasteiger charge is 1.99. The Labute approximate surface area is 81.8 Å². The van der Waals surface area contributed by atoms with Crippen molar-refractivity contribution in [2.45, 2.75) is 6.92 Å². The minimum absolute atomic E-state index is 1.03. The molecule has 0 saturated carbocycles. The fraction of sp³-hybridized carbons (Fsp3) is 0.0833. The summed E-state index contributed by atoms with van der Waals surface area (Å²) >= 11 is 0. The average Bonchev–Trinajstić information content (AvgIpc) is 2.65. The van der Waals surface area contributed by atoms with Crippen LogP contribution >= 0.6 is 0 Å². The van der Waals surface area contributed by atoms with Crippen molar-refractivity contribution >= 4 is 16.6 Å². The van der Waals surface area contributed by atoms with E-state index in [1.54, 1.807) is 0 Å². The summed E-state index contributed by atoms with van der Waals surface area (Å²) in [4.78, 5) is 4.54. The summed E-state index contributed by atoms with van der Waals surface area (Å²) < 4.78 is 2.11. The van der Waals surface area contributed by atoms with Gasteiger partial charge in [-0.25, -0.2) is 4.98 Å². The van der Waals surface area contributed by atoms with Gasteiger partial charge in [-0.3, -0.25) is 0 Å². The van der Waals surface area contributed by atoms with Gasteiger partial charge in [-0.15, -0.1) is 0 Å². The first-order chi connectivity index (χ1) is 6.84. The molecule has 0 atom stereocenters. The lowest BCUT2D eigenvalue weighted by Gasteiger charge is -2.02. The Balaban J connectivity index is 2.60. The van der Waals surface area contributed by atoms with Crippen LogP contribution < -0.4 is 0 Å². The van der Waals surface area contributed by atoms with Crippen molar-refractivity contribution < 1.29 is 0 Å². The second kappa shape index (κ2) is 2.58. The summed E-state index contributed by atoms with van der Waals surface area (Å²) in [6.45, 7) is 2.02. The van der Waals surface area contributed by atoms with Crippen LogP contribution in [0.25, 0.3) is 16.6 Å². The minimum atomic E-state index is 1.03. The van der Waals surface area contributed by atoms with Gasteiger partial charge < -0.3 is 4.40 Å². The molecule has 3 rings (SSSR count). The monoisotopic (exact) mass is 182 g/mol. The third-order valence-electron chi connectivity index (χ3n) is 2.49. The van der Waals surface area contributed by atoms with Crippen molar-refractivity contribution in [2.24, 2.45) is 0 Å². The zero-order chi connectivity index (χ0) is 9.54. The second-order valence-corrected chi connectivity index (χ2v) is 3.50. The molecule has 68 valence electrons. The van der Waals surface area contributed by atoms with Crippen LogP contribution in [0.5, 0.6) is 0 Å². The molecule has 2 heteroatoms. The van der Waals surface area contributed by atoms with Crippen LogP contribution in [0.4, 0.5) is 0 Å². The topological polar surface area (TPSA) is 17.3 Å². The first-order valence-corrected chi connectivity index (χ1v) is 4.68. The number of aryl methyl sites for hydroxylation is 1. The molecule has 0 saturated heterocycles. The maximum Gasteiger partial charge on any atom is 0.144 e. The quantitative estimate of drug-likeness (QED) is 0.522. The van der Waals surface area contributed by atoms with E-state index in [1.165, 1.54) is 10.9 Å². The fourth-order valence-corrected chi connectivity index (χ4v) is 1.77. The van der Waals surface area contributed by atoms with E-state index in [1.807, 2.05) is 25.3 Å². The molecule has 0 bridgehead atoms. The molecule has 0 fully saturated rings. The Morgan fingerprint density at radius 3 is 2.86 bits per heavy atom. The molecule has 0 aromatic carbocycles. The third kappa shape index (κ3) is 0.940. The minimum Gasteiger partial charge on any atom is -0.301 e. The Morgan fingerprint density at radius 1 is 1.07 bits per heavy atom. The maximum atomic E-state index is 4.54. The van der Waals surface area contributed by atoms with Crippen molar-refractivity contribution in [1.29, 1.82) is 0 Å². The molecule has 3 heterocycles. The summed E-state index contributed by atoms with van der Waals surface area (Å²) in [5.41, 5.74) is 3.28. The lowest BCUT2D eigenvalue weighted by molar-refractivity contribution is 1.15. The summed E-state index contributed by atoms with van der Waals surface area (Å²) in [7, 11) is 0. The van der Waals surface area contributed by atoms with E-state index in [2.05, 4.69) is 33.7 Å². The number of rotatable bonds is 0. The lowest BCUT2D eigenvalue weighted by Crippen LogP contribution is -1.90. The van der Waals surface area contributed by atoms with E-state index in [0.29, 0.717) is 0 Å². The van der Waals surface area contributed by atoms with E-state index in [-0.39, 0.29) is 0 Å². The molecule has 0 N–H and O–H groups in total. The van der Waals surface area contributed by atoms with Crippen LogP contribution in [0, 0.1) is 6.92 Å². The van der Waals surface area contributed by atoms with E-state index in [0.717, 1.165) is 11.3 Å². The molecule has 3 aromatic rings. The fourth-order valence-electron chi connectivity index (χ4n) is 1.77. The highest BCUT2D eigenvalue weighted by Crippen LogP contribution is 2.15. The largest absolute Gasteiger partial charge is 0.301 e. The first-order valence-electron chi connectivity index (χ1n) is 4.68. The molecular weight excluding hydrogens is 172 g/mol. The van der Waals surface area contributed by atoms with Gasteiger partial charge in [0.15, 0.2) is 0 Å². The van der Waals surface area contributed by atoms with Crippen molar-refractivity contribution in [1.82, 2.24) is 9.38 Å². The van der Waals surface area contributed by atoms with Gasteiger partial charge in [0.2, 0.25) is 0 Å². The van der Waals surface area contributed by atoms with Crippen LogP contribution in [-0.2, 0) is 0 Å². The van der Waals surface area contributed by atoms with Gasteiger partial charge in [-0.2, -0.15) is 0 Å². The van der Waals surface area contributed by atoms with Gasteiger partial charge in [0.25, 0.3) is 0 Å². The predicted octanol–water partition coefficient (Wildman–Crippen LogP) is 2.80. The van der Waals surface area contributed by atoms with Crippen molar-refractivity contribution in [3.05, 3.63) is 48.3 Å². The molecule has 0 amide bonds. The number of hydrogen-bond acceptors (Lipinski definition) is 1. The molecule has 0 radical (unpaired) electrons. The number of fused-ring (bicyclic) bond motifs is 3. The van der Waals surface area contributed by atoms with Gasteiger partial charge in [0.05, 0.1) is 0 Å². The molecule has 2 nitrogen and oxygen atoms in total. The molecule has 0 aliphatic rings. The molecule has 0 aliphatic carbocycles. The Bertz CT molecular complexity index is 608. The molecule has 0 unspecified atom stereocenters. The first kappa shape index (κ1) is 7.56. The lowest BCUT2D eigenvalue weighted by atomic mass is 10.2. The number of nitrogens with zero attached hydrogens (tertiary/aromatic N) is 2. The van der Waals surface area contributed by atoms with E-state index in [9.17, 15) is 0 Å². The van der Waals surface area contributed by atoms with Gasteiger partial charge >= 0.3 is 0 Å². The number of hydrogen-bond donors (Lipinski definition) is 0. The SMILES string of the molecule is Cc1ccc2ccc3cccn3c2n1. The molecule has 3 aromatic heterocycles. The molecule has 0 aliphatic heterocycles. The van der Waals surface area contributed by atoms with Gasteiger partial charge in [0.1, 0.15) is 5.65 Å². The Morgan fingerprint density at radius 2 is 1.93 bits per heavy atom. The molecular formula is C12H10N2. The van der Waals surface area contributed by atoms with E-state index < -0.39 is 0 Å². The summed E-state index contributed by atoms with van der Waals surface area (Å²) in [5, 5.41) is 1.18. The van der Waals surface area contributed by atoms with Crippen LogP contribution in [-0.4, -0.2) is 9.38 Å². The maximum absolute atomic E-state index is 4.54. The van der Waals surface area contributed by atoms with Crippen LogP contribution in [0.3, 0.4) is 0 Å². The van der Waals surface area contributed by atoms with Crippen LogP contribution in [0.15, 0.2) is 42.6 Å². The smallest absolute Gasteiger partial charge is 0.144 e. The summed E-state index contributed by atoms with van der Waals surface area (Å²) in [5.74, 6) is 0. The Kier molecular flexibility index (Phi) is 1.39. The van der Waals surface area contributed by atoms with Crippen molar-refractivity contribution in [3.8, 4) is 0 Å². The van der Waals surface area contributed by atoms with Crippen LogP contribution in [0.1, 0.15) is 5.69 Å². The standard InChI is InChI=1S/C12H10N2/c1-9-4-5-10-6-7-11-3-2-8-14(11)12(10)13-9/h2-8H,1H3. The Hall–Kier alpha value is -1.83. The average molecular weight is 182 g/mol. The van der Waals surface area contributed by atoms with Gasteiger partial charge in [0, 0.05) is 22.8 Å². The highest BCUT2D eigenvalue weighted by molar-refractivity contribution is 5.79. The third-order valence-corrected chi connectivity index (χ3v) is 2.49. The van der Waals surface area contributed by atoms with Crippen LogP contribution in [0.2, 0.25) is 0 Å². The summed E-state index contributed by atoms with van der Waals surface area (Å²) in [6, 6.07) is 12.5. The molecule has 0 spiro atoms. The van der Waals surface area contributed by atoms with E-state index in [4.69, 9.17) is 0 Å². The number of pyridine rings is 2. The normalized spacial score (nSPS) is 11.2. The second-order valence-electron chi connectivity index (χ2n) is 3.50. The number of aromatic nitrogens is 2. The predicted molar refractivity (Wildman–Crippen MR) is 57.4 cm³/mol. The van der Waals surface area contributed by atoms with Gasteiger partial charge in [-0.05, 0) is 43.3 Å². The van der Waals surface area contributed by atoms with Gasteiger partial charge in [-0.1, -0.05) is 0 Å². The summed E-state index contributed by atoms with van der Waals surface area (Å²) in [6.07, 6.45) is 2.05. The zero-order valence-corrected chi connectivity index (χ0v) is 7.94. The van der Waals surface area contributed by atoms with Crippen molar-refractivity contribution in [3.63, 3.8) is 0 Å². The van der Waals surface area contributed by atoms with E-state index >= 15 is 0 Å². The zero-order valence-electron chi connectivity index (χ0n) is 7.94.